The molecule has 0 aliphatic heterocycles. The average molecular weight is 284 g/mol. The second kappa shape index (κ2) is 7.96. The van der Waals surface area contributed by atoms with Gasteiger partial charge in [-0.2, -0.15) is 0 Å². The molecule has 4 N–H and O–H groups in total. The first-order valence-corrected chi connectivity index (χ1v) is 7.86. The van der Waals surface area contributed by atoms with Gasteiger partial charge in [-0.05, 0) is 71.9 Å². The van der Waals surface area contributed by atoms with Crippen molar-refractivity contribution in [1.29, 1.82) is 0 Å². The van der Waals surface area contributed by atoms with E-state index in [9.17, 15) is 4.79 Å². The minimum absolute atomic E-state index is 0.253. The van der Waals surface area contributed by atoms with E-state index in [1.165, 1.54) is 6.42 Å². The molecule has 0 aromatic rings. The number of rotatable bonds is 9. The molecule has 0 bridgehead atoms. The SMILES string of the molecule is CCN(CCCN(C)C)CCC1CCCC1(N)C(N)=O. The third kappa shape index (κ3) is 4.72. The summed E-state index contributed by atoms with van der Waals surface area (Å²) in [6.45, 7) is 6.47. The standard InChI is InChI=1S/C15H32N4O/c1-4-19(11-6-10-18(2)3)12-8-13-7-5-9-15(13,17)14(16)20/h13H,4-12,17H2,1-3H3,(H2,16,20). The average Bonchev–Trinajstić information content (AvgIpc) is 2.76. The largest absolute Gasteiger partial charge is 0.368 e. The number of nitrogens with two attached hydrogens (primary N) is 2. The van der Waals surface area contributed by atoms with E-state index in [1.54, 1.807) is 0 Å². The van der Waals surface area contributed by atoms with Gasteiger partial charge in [0.15, 0.2) is 0 Å². The molecule has 1 aliphatic rings. The topological polar surface area (TPSA) is 75.6 Å². The molecule has 1 fully saturated rings. The van der Waals surface area contributed by atoms with Crippen molar-refractivity contribution in [3.63, 3.8) is 0 Å². The van der Waals surface area contributed by atoms with Crippen LogP contribution in [-0.2, 0) is 4.79 Å². The van der Waals surface area contributed by atoms with Gasteiger partial charge in [-0.15, -0.1) is 0 Å². The van der Waals surface area contributed by atoms with Gasteiger partial charge < -0.3 is 21.3 Å². The van der Waals surface area contributed by atoms with Gasteiger partial charge in [0.25, 0.3) is 0 Å². The normalized spacial score (nSPS) is 26.6. The first-order valence-electron chi connectivity index (χ1n) is 7.86. The van der Waals surface area contributed by atoms with Crippen molar-refractivity contribution in [2.24, 2.45) is 17.4 Å². The molecule has 5 heteroatoms. The van der Waals surface area contributed by atoms with Gasteiger partial charge in [-0.25, -0.2) is 0 Å². The Balaban J connectivity index is 2.38. The Morgan fingerprint density at radius 2 is 2.00 bits per heavy atom. The Hall–Kier alpha value is -0.650. The van der Waals surface area contributed by atoms with Crippen molar-refractivity contribution in [3.8, 4) is 0 Å². The maximum absolute atomic E-state index is 11.6. The summed E-state index contributed by atoms with van der Waals surface area (Å²) < 4.78 is 0. The predicted molar refractivity (Wildman–Crippen MR) is 83.4 cm³/mol. The Morgan fingerprint density at radius 3 is 2.55 bits per heavy atom. The zero-order valence-electron chi connectivity index (χ0n) is 13.4. The van der Waals surface area contributed by atoms with Gasteiger partial charge in [0, 0.05) is 0 Å². The first kappa shape index (κ1) is 17.4. The first-order chi connectivity index (χ1) is 9.40. The molecular weight excluding hydrogens is 252 g/mol. The molecule has 20 heavy (non-hydrogen) atoms. The van der Waals surface area contributed by atoms with Crippen LogP contribution in [0.2, 0.25) is 0 Å². The zero-order valence-corrected chi connectivity index (χ0v) is 13.4. The van der Waals surface area contributed by atoms with Crippen LogP contribution in [-0.4, -0.2) is 61.5 Å². The van der Waals surface area contributed by atoms with E-state index < -0.39 is 5.54 Å². The highest BCUT2D eigenvalue weighted by Crippen LogP contribution is 2.35. The molecule has 1 amide bonds. The molecule has 0 saturated heterocycles. The fourth-order valence-corrected chi connectivity index (χ4v) is 3.21. The van der Waals surface area contributed by atoms with Crippen molar-refractivity contribution in [3.05, 3.63) is 0 Å². The van der Waals surface area contributed by atoms with Crippen LogP contribution in [0.25, 0.3) is 0 Å². The molecule has 2 atom stereocenters. The van der Waals surface area contributed by atoms with Gasteiger partial charge in [0.1, 0.15) is 0 Å². The summed E-state index contributed by atoms with van der Waals surface area (Å²) in [7, 11) is 4.20. The molecule has 0 aromatic carbocycles. The van der Waals surface area contributed by atoms with Crippen molar-refractivity contribution in [1.82, 2.24) is 9.80 Å². The number of hydrogen-bond donors (Lipinski definition) is 2. The predicted octanol–water partition coefficient (Wildman–Crippen LogP) is 0.633. The summed E-state index contributed by atoms with van der Waals surface area (Å²) in [5.74, 6) is -0.0708. The van der Waals surface area contributed by atoms with Gasteiger partial charge in [-0.3, -0.25) is 4.79 Å². The lowest BCUT2D eigenvalue weighted by Crippen LogP contribution is -2.55. The van der Waals surface area contributed by atoms with Crippen LogP contribution in [0.3, 0.4) is 0 Å². The Morgan fingerprint density at radius 1 is 1.30 bits per heavy atom. The quantitative estimate of drug-likeness (QED) is 0.651. The lowest BCUT2D eigenvalue weighted by molar-refractivity contribution is -0.124. The molecular formula is C15H32N4O. The van der Waals surface area contributed by atoms with Crippen LogP contribution in [0.5, 0.6) is 0 Å². The number of amides is 1. The second-order valence-corrected chi connectivity index (χ2v) is 6.37. The molecule has 0 radical (unpaired) electrons. The van der Waals surface area contributed by atoms with Crippen molar-refractivity contribution in [2.45, 2.75) is 44.6 Å². The van der Waals surface area contributed by atoms with Crippen LogP contribution >= 0.6 is 0 Å². The van der Waals surface area contributed by atoms with Crippen LogP contribution < -0.4 is 11.5 Å². The minimum Gasteiger partial charge on any atom is -0.368 e. The number of nitrogens with zero attached hydrogens (tertiary/aromatic N) is 2. The van der Waals surface area contributed by atoms with Crippen molar-refractivity contribution in [2.75, 3.05) is 40.3 Å². The summed E-state index contributed by atoms with van der Waals surface area (Å²) in [5.41, 5.74) is 10.9. The highest BCUT2D eigenvalue weighted by atomic mass is 16.1. The maximum Gasteiger partial charge on any atom is 0.237 e. The molecule has 0 heterocycles. The van der Waals surface area contributed by atoms with E-state index in [2.05, 4.69) is 30.8 Å². The van der Waals surface area contributed by atoms with Crippen molar-refractivity contribution >= 4 is 5.91 Å². The summed E-state index contributed by atoms with van der Waals surface area (Å²) in [5, 5.41) is 0. The second-order valence-electron chi connectivity index (χ2n) is 6.37. The molecule has 118 valence electrons. The van der Waals surface area contributed by atoms with Crippen LogP contribution in [0.15, 0.2) is 0 Å². The smallest absolute Gasteiger partial charge is 0.237 e. The molecule has 2 unspecified atom stereocenters. The van der Waals surface area contributed by atoms with E-state index in [1.807, 2.05) is 0 Å². The van der Waals surface area contributed by atoms with Gasteiger partial charge in [0.2, 0.25) is 5.91 Å². The Kier molecular flexibility index (Phi) is 6.92. The number of carbonyl (C=O) groups is 1. The lowest BCUT2D eigenvalue weighted by Gasteiger charge is -2.30. The van der Waals surface area contributed by atoms with E-state index in [-0.39, 0.29) is 11.8 Å². The van der Waals surface area contributed by atoms with Crippen LogP contribution in [0.4, 0.5) is 0 Å². The van der Waals surface area contributed by atoms with Crippen LogP contribution in [0.1, 0.15) is 39.0 Å². The molecule has 0 aromatic heterocycles. The highest BCUT2D eigenvalue weighted by Gasteiger charge is 2.43. The van der Waals surface area contributed by atoms with E-state index in [0.29, 0.717) is 0 Å². The van der Waals surface area contributed by atoms with Crippen molar-refractivity contribution < 1.29 is 4.79 Å². The summed E-state index contributed by atoms with van der Waals surface area (Å²) in [4.78, 5) is 16.2. The number of primary amides is 1. The fourth-order valence-electron chi connectivity index (χ4n) is 3.21. The van der Waals surface area contributed by atoms with E-state index in [0.717, 1.165) is 51.9 Å². The monoisotopic (exact) mass is 284 g/mol. The highest BCUT2D eigenvalue weighted by molar-refractivity contribution is 5.85. The fraction of sp³-hybridized carbons (Fsp3) is 0.933. The summed E-state index contributed by atoms with van der Waals surface area (Å²) >= 11 is 0. The molecule has 1 rings (SSSR count). The third-order valence-electron chi connectivity index (χ3n) is 4.65. The van der Waals surface area contributed by atoms with Gasteiger partial charge >= 0.3 is 0 Å². The number of carbonyl (C=O) groups excluding carboxylic acids is 1. The van der Waals surface area contributed by atoms with Gasteiger partial charge in [0.05, 0.1) is 5.54 Å². The van der Waals surface area contributed by atoms with E-state index >= 15 is 0 Å². The molecule has 0 spiro atoms. The zero-order chi connectivity index (χ0) is 15.2. The maximum atomic E-state index is 11.6. The van der Waals surface area contributed by atoms with Gasteiger partial charge in [-0.1, -0.05) is 13.3 Å². The van der Waals surface area contributed by atoms with Crippen LogP contribution in [0, 0.1) is 5.92 Å². The Bertz CT molecular complexity index is 308. The molecule has 1 saturated carbocycles. The summed E-state index contributed by atoms with van der Waals surface area (Å²) in [6, 6.07) is 0. The Labute approximate surface area is 123 Å². The lowest BCUT2D eigenvalue weighted by atomic mass is 9.85. The third-order valence-corrected chi connectivity index (χ3v) is 4.65. The van der Waals surface area contributed by atoms with E-state index in [4.69, 9.17) is 11.5 Å². The number of hydrogen-bond acceptors (Lipinski definition) is 4. The molecule has 1 aliphatic carbocycles. The molecule has 5 nitrogen and oxygen atoms in total. The summed E-state index contributed by atoms with van der Waals surface area (Å²) in [6.07, 6.45) is 4.97. The minimum atomic E-state index is -0.761.